The van der Waals surface area contributed by atoms with Crippen LogP contribution in [0.2, 0.25) is 0 Å². The molecule has 3 heteroatoms. The molecular formula is C14H30N2O. The van der Waals surface area contributed by atoms with Crippen molar-refractivity contribution >= 4 is 0 Å². The fourth-order valence-electron chi connectivity index (χ4n) is 2.98. The molecule has 1 aliphatic rings. The summed E-state index contributed by atoms with van der Waals surface area (Å²) in [4.78, 5) is 2.21. The van der Waals surface area contributed by atoms with Crippen LogP contribution < -0.4 is 5.32 Å². The molecule has 3 nitrogen and oxygen atoms in total. The molecule has 0 aromatic heterocycles. The second-order valence-electron chi connectivity index (χ2n) is 6.95. The molecule has 1 saturated heterocycles. The summed E-state index contributed by atoms with van der Waals surface area (Å²) in [5, 5.41) is 3.68. The Morgan fingerprint density at radius 2 is 1.65 bits per heavy atom. The summed E-state index contributed by atoms with van der Waals surface area (Å²) >= 11 is 0. The number of hydrogen-bond acceptors (Lipinski definition) is 3. The smallest absolute Gasteiger partial charge is 0.0609 e. The molecule has 1 heterocycles. The van der Waals surface area contributed by atoms with Crippen molar-refractivity contribution in [2.24, 2.45) is 0 Å². The van der Waals surface area contributed by atoms with E-state index in [1.807, 2.05) is 0 Å². The second kappa shape index (κ2) is 5.68. The Hall–Kier alpha value is -0.120. The van der Waals surface area contributed by atoms with Crippen LogP contribution in [-0.4, -0.2) is 49.3 Å². The van der Waals surface area contributed by atoms with Gasteiger partial charge in [-0.1, -0.05) is 0 Å². The SMILES string of the molecule is CN(C)CCCOC1CC(C)(C)NC(C)(C)C1. The molecule has 0 aliphatic carbocycles. The van der Waals surface area contributed by atoms with Crippen LogP contribution in [0.25, 0.3) is 0 Å². The molecule has 1 aliphatic heterocycles. The van der Waals surface area contributed by atoms with Crippen molar-refractivity contribution < 1.29 is 4.74 Å². The zero-order valence-corrected chi connectivity index (χ0v) is 12.5. The van der Waals surface area contributed by atoms with Crippen molar-refractivity contribution in [3.63, 3.8) is 0 Å². The maximum atomic E-state index is 6.04. The topological polar surface area (TPSA) is 24.5 Å². The zero-order chi connectivity index (χ0) is 13.1. The van der Waals surface area contributed by atoms with Gasteiger partial charge in [0.25, 0.3) is 0 Å². The van der Waals surface area contributed by atoms with Crippen molar-refractivity contribution in [1.29, 1.82) is 0 Å². The molecule has 0 bridgehead atoms. The molecular weight excluding hydrogens is 212 g/mol. The molecule has 0 aromatic rings. The lowest BCUT2D eigenvalue weighted by molar-refractivity contribution is -0.0235. The van der Waals surface area contributed by atoms with Gasteiger partial charge >= 0.3 is 0 Å². The van der Waals surface area contributed by atoms with Crippen LogP contribution in [-0.2, 0) is 4.74 Å². The summed E-state index contributed by atoms with van der Waals surface area (Å²) in [7, 11) is 4.22. The third kappa shape index (κ3) is 5.84. The molecule has 0 amide bonds. The lowest BCUT2D eigenvalue weighted by Crippen LogP contribution is -2.59. The van der Waals surface area contributed by atoms with Gasteiger partial charge in [0, 0.05) is 17.7 Å². The van der Waals surface area contributed by atoms with Crippen molar-refractivity contribution in [3.05, 3.63) is 0 Å². The summed E-state index contributed by atoms with van der Waals surface area (Å²) in [5.74, 6) is 0. The number of ether oxygens (including phenoxy) is 1. The van der Waals surface area contributed by atoms with Crippen LogP contribution in [0.1, 0.15) is 47.0 Å². The summed E-state index contributed by atoms with van der Waals surface area (Å²) in [6.45, 7) is 11.1. The minimum absolute atomic E-state index is 0.188. The van der Waals surface area contributed by atoms with Gasteiger partial charge in [0.2, 0.25) is 0 Å². The Morgan fingerprint density at radius 3 is 2.12 bits per heavy atom. The van der Waals surface area contributed by atoms with Crippen molar-refractivity contribution in [2.45, 2.75) is 64.1 Å². The molecule has 17 heavy (non-hydrogen) atoms. The number of nitrogens with zero attached hydrogens (tertiary/aromatic N) is 1. The molecule has 1 rings (SSSR count). The van der Waals surface area contributed by atoms with Gasteiger partial charge in [-0.05, 0) is 67.6 Å². The molecule has 1 N–H and O–H groups in total. The van der Waals surface area contributed by atoms with Crippen LogP contribution in [0.15, 0.2) is 0 Å². The first kappa shape index (κ1) is 14.9. The maximum absolute atomic E-state index is 6.04. The minimum atomic E-state index is 0.188. The van der Waals surface area contributed by atoms with Crippen LogP contribution in [0.4, 0.5) is 0 Å². The van der Waals surface area contributed by atoms with Gasteiger partial charge in [0.15, 0.2) is 0 Å². The van der Waals surface area contributed by atoms with E-state index < -0.39 is 0 Å². The largest absolute Gasteiger partial charge is 0.378 e. The van der Waals surface area contributed by atoms with E-state index >= 15 is 0 Å². The summed E-state index contributed by atoms with van der Waals surface area (Å²) < 4.78 is 6.04. The quantitative estimate of drug-likeness (QED) is 0.749. The van der Waals surface area contributed by atoms with Crippen molar-refractivity contribution in [2.75, 3.05) is 27.2 Å². The van der Waals surface area contributed by atoms with E-state index in [4.69, 9.17) is 4.74 Å². The van der Waals surface area contributed by atoms with E-state index in [-0.39, 0.29) is 11.1 Å². The van der Waals surface area contributed by atoms with Gasteiger partial charge in [0.05, 0.1) is 6.10 Å². The average Bonchev–Trinajstić information content (AvgIpc) is 2.06. The maximum Gasteiger partial charge on any atom is 0.0609 e. The number of nitrogens with one attached hydrogen (secondary N) is 1. The van der Waals surface area contributed by atoms with E-state index in [2.05, 4.69) is 52.0 Å². The molecule has 102 valence electrons. The average molecular weight is 242 g/mol. The fourth-order valence-corrected chi connectivity index (χ4v) is 2.98. The van der Waals surface area contributed by atoms with Crippen LogP contribution >= 0.6 is 0 Å². The van der Waals surface area contributed by atoms with Crippen LogP contribution in [0, 0.1) is 0 Å². The number of piperidine rings is 1. The first-order valence-corrected chi connectivity index (χ1v) is 6.76. The predicted octanol–water partition coefficient (Wildman–Crippen LogP) is 2.26. The number of rotatable bonds is 5. The molecule has 0 unspecified atom stereocenters. The van der Waals surface area contributed by atoms with Gasteiger partial charge in [0.1, 0.15) is 0 Å². The molecule has 0 atom stereocenters. The summed E-state index contributed by atoms with van der Waals surface area (Å²) in [6, 6.07) is 0. The molecule has 0 aromatic carbocycles. The normalized spacial score (nSPS) is 24.2. The van der Waals surface area contributed by atoms with E-state index in [1.165, 1.54) is 0 Å². The van der Waals surface area contributed by atoms with Gasteiger partial charge in [-0.3, -0.25) is 0 Å². The lowest BCUT2D eigenvalue weighted by Gasteiger charge is -2.46. The molecule has 1 fully saturated rings. The lowest BCUT2D eigenvalue weighted by atomic mass is 9.81. The van der Waals surface area contributed by atoms with E-state index in [9.17, 15) is 0 Å². The standard InChI is InChI=1S/C14H30N2O/c1-13(2)10-12(11-14(3,4)15-13)17-9-7-8-16(5)6/h12,15H,7-11H2,1-6H3. The molecule has 0 radical (unpaired) electrons. The fraction of sp³-hybridized carbons (Fsp3) is 1.00. The Bertz CT molecular complexity index is 220. The first-order chi connectivity index (χ1) is 7.70. The van der Waals surface area contributed by atoms with Crippen molar-refractivity contribution in [3.8, 4) is 0 Å². The summed E-state index contributed by atoms with van der Waals surface area (Å²) in [6.07, 6.45) is 3.75. The minimum Gasteiger partial charge on any atom is -0.378 e. The van der Waals surface area contributed by atoms with Gasteiger partial charge in [-0.25, -0.2) is 0 Å². The Balaban J connectivity index is 2.33. The highest BCUT2D eigenvalue weighted by Crippen LogP contribution is 2.30. The van der Waals surface area contributed by atoms with Gasteiger partial charge < -0.3 is 15.0 Å². The zero-order valence-electron chi connectivity index (χ0n) is 12.5. The first-order valence-electron chi connectivity index (χ1n) is 6.76. The highest BCUT2D eigenvalue weighted by Gasteiger charge is 2.37. The molecule has 0 spiro atoms. The highest BCUT2D eigenvalue weighted by atomic mass is 16.5. The molecule has 0 saturated carbocycles. The number of hydrogen-bond donors (Lipinski definition) is 1. The van der Waals surface area contributed by atoms with Crippen molar-refractivity contribution in [1.82, 2.24) is 10.2 Å². The summed E-state index contributed by atoms with van der Waals surface area (Å²) in [5.41, 5.74) is 0.377. The highest BCUT2D eigenvalue weighted by molar-refractivity contribution is 4.97. The van der Waals surface area contributed by atoms with E-state index in [1.54, 1.807) is 0 Å². The van der Waals surface area contributed by atoms with E-state index in [0.717, 1.165) is 32.4 Å². The predicted molar refractivity (Wildman–Crippen MR) is 73.4 cm³/mol. The third-order valence-electron chi connectivity index (χ3n) is 3.26. The van der Waals surface area contributed by atoms with Crippen LogP contribution in [0.5, 0.6) is 0 Å². The Kier molecular flexibility index (Phi) is 4.99. The third-order valence-corrected chi connectivity index (χ3v) is 3.26. The Labute approximate surface area is 107 Å². The van der Waals surface area contributed by atoms with E-state index in [0.29, 0.717) is 6.10 Å². The van der Waals surface area contributed by atoms with Gasteiger partial charge in [-0.2, -0.15) is 0 Å². The monoisotopic (exact) mass is 242 g/mol. The van der Waals surface area contributed by atoms with Crippen LogP contribution in [0.3, 0.4) is 0 Å². The Morgan fingerprint density at radius 1 is 1.12 bits per heavy atom. The second-order valence-corrected chi connectivity index (χ2v) is 6.95. The van der Waals surface area contributed by atoms with Gasteiger partial charge in [-0.15, -0.1) is 0 Å².